The Balaban J connectivity index is 0.000000325. The summed E-state index contributed by atoms with van der Waals surface area (Å²) in [6.07, 6.45) is 1.14. The minimum Gasteiger partial charge on any atom is -0.463 e. The molecule has 0 radical (unpaired) electrons. The molecule has 1 aromatic rings. The molecule has 0 aliphatic rings. The molecule has 0 amide bonds. The molecule has 1 atom stereocenters. The van der Waals surface area contributed by atoms with Crippen molar-refractivity contribution < 1.29 is 9.53 Å². The minimum absolute atomic E-state index is 0.365. The van der Waals surface area contributed by atoms with Crippen molar-refractivity contribution in [1.29, 1.82) is 0 Å². The summed E-state index contributed by atoms with van der Waals surface area (Å²) < 4.78 is 4.54. The van der Waals surface area contributed by atoms with E-state index < -0.39 is 0 Å². The first kappa shape index (κ1) is 15.7. The molecule has 2 N–H and O–H groups in total. The van der Waals surface area contributed by atoms with Gasteiger partial charge in [-0.1, -0.05) is 44.2 Å². The number of hydrogen-bond acceptors (Lipinski definition) is 3. The summed E-state index contributed by atoms with van der Waals surface area (Å²) >= 11 is 0. The van der Waals surface area contributed by atoms with Crippen LogP contribution in [0.1, 0.15) is 32.8 Å². The van der Waals surface area contributed by atoms with Crippen LogP contribution in [-0.4, -0.2) is 12.5 Å². The Morgan fingerprint density at radius 1 is 1.24 bits per heavy atom. The van der Waals surface area contributed by atoms with E-state index in [1.165, 1.54) is 0 Å². The third kappa shape index (κ3) is 10.9. The van der Waals surface area contributed by atoms with Crippen LogP contribution in [0.2, 0.25) is 0 Å². The zero-order valence-corrected chi connectivity index (χ0v) is 10.9. The predicted molar refractivity (Wildman–Crippen MR) is 70.4 cm³/mol. The van der Waals surface area contributed by atoms with Crippen molar-refractivity contribution >= 4 is 6.47 Å². The molecule has 1 aromatic carbocycles. The Bertz CT molecular complexity index is 278. The van der Waals surface area contributed by atoms with E-state index in [0.717, 1.165) is 17.9 Å². The highest BCUT2D eigenvalue weighted by atomic mass is 16.5. The lowest BCUT2D eigenvalue weighted by molar-refractivity contribution is -0.129. The molecule has 96 valence electrons. The van der Waals surface area contributed by atoms with Crippen LogP contribution >= 0.6 is 0 Å². The number of hydrogen-bond donors (Lipinski definition) is 1. The smallest absolute Gasteiger partial charge is 0.293 e. The van der Waals surface area contributed by atoms with Gasteiger partial charge in [0, 0.05) is 6.04 Å². The molecule has 1 unspecified atom stereocenters. The maximum atomic E-state index is 9.76. The van der Waals surface area contributed by atoms with Crippen LogP contribution in [0.25, 0.3) is 0 Å². The quantitative estimate of drug-likeness (QED) is 0.801. The zero-order chi connectivity index (χ0) is 13.1. The SMILES string of the molecule is CC(C)CC(C)N.O=COCc1ccccc1. The normalized spacial score (nSPS) is 11.4. The third-order valence-electron chi connectivity index (χ3n) is 2.00. The van der Waals surface area contributed by atoms with Gasteiger partial charge in [0.1, 0.15) is 6.61 Å². The van der Waals surface area contributed by atoms with Crippen LogP contribution < -0.4 is 5.73 Å². The van der Waals surface area contributed by atoms with Gasteiger partial charge in [0.2, 0.25) is 0 Å². The number of ether oxygens (including phenoxy) is 1. The maximum absolute atomic E-state index is 9.76. The molecule has 0 spiro atoms. The third-order valence-corrected chi connectivity index (χ3v) is 2.00. The van der Waals surface area contributed by atoms with Gasteiger partial charge in [-0.15, -0.1) is 0 Å². The van der Waals surface area contributed by atoms with E-state index in [1.807, 2.05) is 37.3 Å². The Hall–Kier alpha value is -1.35. The summed E-state index contributed by atoms with van der Waals surface area (Å²) in [6.45, 7) is 7.23. The molecule has 0 saturated heterocycles. The van der Waals surface area contributed by atoms with Crippen LogP contribution in [-0.2, 0) is 16.1 Å². The van der Waals surface area contributed by atoms with Gasteiger partial charge >= 0.3 is 0 Å². The fourth-order valence-electron chi connectivity index (χ4n) is 1.45. The van der Waals surface area contributed by atoms with E-state index >= 15 is 0 Å². The maximum Gasteiger partial charge on any atom is 0.293 e. The van der Waals surface area contributed by atoms with Crippen molar-refractivity contribution in [2.75, 3.05) is 0 Å². The fourth-order valence-corrected chi connectivity index (χ4v) is 1.45. The summed E-state index contributed by atoms with van der Waals surface area (Å²) in [4.78, 5) is 9.76. The number of rotatable bonds is 5. The summed E-state index contributed by atoms with van der Waals surface area (Å²) in [7, 11) is 0. The average molecular weight is 237 g/mol. The van der Waals surface area contributed by atoms with Crippen molar-refractivity contribution in [1.82, 2.24) is 0 Å². The highest BCUT2D eigenvalue weighted by Gasteiger charge is 1.95. The summed E-state index contributed by atoms with van der Waals surface area (Å²) in [5, 5.41) is 0. The highest BCUT2D eigenvalue weighted by Crippen LogP contribution is 2.00. The van der Waals surface area contributed by atoms with Crippen LogP contribution in [0.3, 0.4) is 0 Å². The molecule has 0 aromatic heterocycles. The molecule has 0 aliphatic heterocycles. The molecule has 17 heavy (non-hydrogen) atoms. The molecule has 0 saturated carbocycles. The first-order valence-electron chi connectivity index (χ1n) is 5.91. The van der Waals surface area contributed by atoms with Gasteiger partial charge < -0.3 is 10.5 Å². The van der Waals surface area contributed by atoms with E-state index in [9.17, 15) is 4.79 Å². The largest absolute Gasteiger partial charge is 0.463 e. The van der Waals surface area contributed by atoms with Gasteiger partial charge in [0.05, 0.1) is 0 Å². The molecule has 0 bridgehead atoms. The molecule has 0 heterocycles. The second kappa shape index (κ2) is 9.85. The second-order valence-electron chi connectivity index (χ2n) is 4.50. The molecular weight excluding hydrogens is 214 g/mol. The highest BCUT2D eigenvalue weighted by molar-refractivity contribution is 5.37. The van der Waals surface area contributed by atoms with Gasteiger partial charge in [-0.2, -0.15) is 0 Å². The lowest BCUT2D eigenvalue weighted by Crippen LogP contribution is -2.16. The Morgan fingerprint density at radius 2 is 1.82 bits per heavy atom. The zero-order valence-electron chi connectivity index (χ0n) is 10.9. The summed E-state index contributed by atoms with van der Waals surface area (Å²) in [5.41, 5.74) is 6.50. The van der Waals surface area contributed by atoms with Gasteiger partial charge in [-0.25, -0.2) is 0 Å². The van der Waals surface area contributed by atoms with Gasteiger partial charge in [0.25, 0.3) is 6.47 Å². The molecule has 3 nitrogen and oxygen atoms in total. The Morgan fingerprint density at radius 3 is 2.18 bits per heavy atom. The first-order valence-corrected chi connectivity index (χ1v) is 5.91. The Labute approximate surface area is 104 Å². The molecular formula is C14H23NO2. The molecule has 0 aliphatic carbocycles. The number of carbonyl (C=O) groups excluding carboxylic acids is 1. The van der Waals surface area contributed by atoms with Crippen molar-refractivity contribution in [3.8, 4) is 0 Å². The van der Waals surface area contributed by atoms with Crippen molar-refractivity contribution in [2.45, 2.75) is 39.8 Å². The van der Waals surface area contributed by atoms with E-state index in [0.29, 0.717) is 19.1 Å². The monoisotopic (exact) mass is 237 g/mol. The minimum atomic E-state index is 0.365. The summed E-state index contributed by atoms with van der Waals surface area (Å²) in [5.74, 6) is 0.750. The van der Waals surface area contributed by atoms with Crippen LogP contribution in [0.15, 0.2) is 30.3 Å². The fraction of sp³-hybridized carbons (Fsp3) is 0.500. The molecule has 1 rings (SSSR count). The van der Waals surface area contributed by atoms with Crippen LogP contribution in [0.5, 0.6) is 0 Å². The number of carbonyl (C=O) groups is 1. The molecule has 3 heteroatoms. The van der Waals surface area contributed by atoms with Crippen LogP contribution in [0.4, 0.5) is 0 Å². The lowest BCUT2D eigenvalue weighted by Gasteiger charge is -2.05. The Kier molecular flexibility index (Phi) is 9.06. The van der Waals surface area contributed by atoms with Crippen molar-refractivity contribution in [3.05, 3.63) is 35.9 Å². The predicted octanol–water partition coefficient (Wildman–Crippen LogP) is 2.74. The number of benzene rings is 1. The van der Waals surface area contributed by atoms with Crippen molar-refractivity contribution in [2.24, 2.45) is 11.7 Å². The molecule has 0 fully saturated rings. The summed E-state index contributed by atoms with van der Waals surface area (Å²) in [6, 6.07) is 9.92. The van der Waals surface area contributed by atoms with E-state index in [4.69, 9.17) is 5.73 Å². The number of nitrogens with two attached hydrogens (primary N) is 1. The standard InChI is InChI=1S/C8H8O2.C6H15N/c9-7-10-6-8-4-2-1-3-5-8;1-5(2)4-6(3)7/h1-5,7H,6H2;5-6H,4,7H2,1-3H3. The topological polar surface area (TPSA) is 52.3 Å². The average Bonchev–Trinajstić information content (AvgIpc) is 2.27. The van der Waals surface area contributed by atoms with Gasteiger partial charge in [-0.3, -0.25) is 4.79 Å². The second-order valence-corrected chi connectivity index (χ2v) is 4.50. The van der Waals surface area contributed by atoms with Crippen LogP contribution in [0, 0.1) is 5.92 Å². The van der Waals surface area contributed by atoms with E-state index in [-0.39, 0.29) is 0 Å². The first-order chi connectivity index (χ1) is 8.06. The van der Waals surface area contributed by atoms with Crippen molar-refractivity contribution in [3.63, 3.8) is 0 Å². The lowest BCUT2D eigenvalue weighted by atomic mass is 10.1. The van der Waals surface area contributed by atoms with Gasteiger partial charge in [0.15, 0.2) is 0 Å². The van der Waals surface area contributed by atoms with E-state index in [2.05, 4.69) is 18.6 Å². The van der Waals surface area contributed by atoms with Gasteiger partial charge in [-0.05, 0) is 24.8 Å². The van der Waals surface area contributed by atoms with E-state index in [1.54, 1.807) is 0 Å².